The lowest BCUT2D eigenvalue weighted by molar-refractivity contribution is -0.470. The Morgan fingerprint density at radius 1 is 2.00 bits per heavy atom. The average Bonchev–Trinajstić information content (AvgIpc) is 1.65. The van der Waals surface area contributed by atoms with Crippen LogP contribution >= 0.6 is 0 Å². The summed E-state index contributed by atoms with van der Waals surface area (Å²) in [7, 11) is 0. The van der Waals surface area contributed by atoms with E-state index in [-0.39, 0.29) is 5.57 Å². The third-order valence-corrected chi connectivity index (χ3v) is 0.478. The average molecular weight is 112 g/mol. The highest BCUT2D eigenvalue weighted by molar-refractivity contribution is 5.15. The molecule has 8 heavy (non-hydrogen) atoms. The van der Waals surface area contributed by atoms with Crippen molar-refractivity contribution in [3.8, 4) is 6.07 Å². The molecular formula is C4H4N2O2. The van der Waals surface area contributed by atoms with E-state index in [2.05, 4.69) is 6.58 Å². The molecule has 0 spiro atoms. The van der Waals surface area contributed by atoms with Gasteiger partial charge in [0.05, 0.1) is 5.57 Å². The monoisotopic (exact) mass is 112 g/mol. The van der Waals surface area contributed by atoms with E-state index < -0.39 is 11.5 Å². The van der Waals surface area contributed by atoms with Crippen LogP contribution in [0.3, 0.4) is 0 Å². The van der Waals surface area contributed by atoms with Gasteiger partial charge in [0.2, 0.25) is 6.54 Å². The van der Waals surface area contributed by atoms with Gasteiger partial charge < -0.3 is 0 Å². The molecule has 0 aromatic heterocycles. The van der Waals surface area contributed by atoms with Crippen LogP contribution in [0.2, 0.25) is 0 Å². The number of nitriles is 1. The number of nitro groups is 1. The molecule has 0 rings (SSSR count). The first-order chi connectivity index (χ1) is 3.66. The van der Waals surface area contributed by atoms with E-state index in [1.807, 2.05) is 0 Å². The van der Waals surface area contributed by atoms with E-state index in [9.17, 15) is 10.1 Å². The Kier molecular flexibility index (Phi) is 2.28. The first kappa shape index (κ1) is 6.63. The molecule has 0 atom stereocenters. The Morgan fingerprint density at radius 2 is 2.50 bits per heavy atom. The molecule has 0 amide bonds. The highest BCUT2D eigenvalue weighted by atomic mass is 16.6. The van der Waals surface area contributed by atoms with Gasteiger partial charge in [-0.2, -0.15) is 5.26 Å². The fourth-order valence-electron chi connectivity index (χ4n) is 0.191. The van der Waals surface area contributed by atoms with Gasteiger partial charge in [-0.05, 0) is 0 Å². The van der Waals surface area contributed by atoms with Crippen LogP contribution in [0.1, 0.15) is 0 Å². The van der Waals surface area contributed by atoms with Gasteiger partial charge in [-0.25, -0.2) is 0 Å². The Hall–Kier alpha value is -1.37. The topological polar surface area (TPSA) is 66.9 Å². The first-order valence-corrected chi connectivity index (χ1v) is 1.86. The molecule has 4 heteroatoms. The molecule has 0 saturated heterocycles. The van der Waals surface area contributed by atoms with E-state index in [0.29, 0.717) is 0 Å². The molecule has 0 aromatic carbocycles. The maximum atomic E-state index is 9.56. The summed E-state index contributed by atoms with van der Waals surface area (Å²) in [6, 6.07) is 1.56. The predicted octanol–water partition coefficient (Wildman–Crippen LogP) is 0.343. The van der Waals surface area contributed by atoms with E-state index in [4.69, 9.17) is 5.26 Å². The van der Waals surface area contributed by atoms with Crippen LogP contribution in [0.15, 0.2) is 12.2 Å². The summed E-state index contributed by atoms with van der Waals surface area (Å²) in [4.78, 5) is 8.97. The minimum absolute atomic E-state index is 0.0185. The summed E-state index contributed by atoms with van der Waals surface area (Å²) in [5.74, 6) is 0. The van der Waals surface area contributed by atoms with Gasteiger partial charge in [-0.15, -0.1) is 0 Å². The lowest BCUT2D eigenvalue weighted by atomic mass is 10.3. The molecule has 4 nitrogen and oxygen atoms in total. The van der Waals surface area contributed by atoms with Crippen molar-refractivity contribution in [2.24, 2.45) is 0 Å². The number of hydrogen-bond acceptors (Lipinski definition) is 3. The summed E-state index contributed by atoms with van der Waals surface area (Å²) in [5, 5.41) is 17.5. The van der Waals surface area contributed by atoms with Crippen molar-refractivity contribution >= 4 is 0 Å². The second-order valence-corrected chi connectivity index (χ2v) is 1.21. The standard InChI is InChI=1S/C4H4N2O2/c1-4(2-5)3-6(7)8/h1,3H2. The summed E-state index contributed by atoms with van der Waals surface area (Å²) >= 11 is 0. The van der Waals surface area contributed by atoms with Gasteiger partial charge in [0.25, 0.3) is 0 Å². The van der Waals surface area contributed by atoms with Crippen LogP contribution in [0.5, 0.6) is 0 Å². The van der Waals surface area contributed by atoms with Gasteiger partial charge >= 0.3 is 0 Å². The molecule has 0 radical (unpaired) electrons. The van der Waals surface area contributed by atoms with Crippen LogP contribution in [0.25, 0.3) is 0 Å². The molecule has 42 valence electrons. The van der Waals surface area contributed by atoms with E-state index in [0.717, 1.165) is 0 Å². The van der Waals surface area contributed by atoms with Crippen molar-refractivity contribution in [2.75, 3.05) is 6.54 Å². The number of hydrogen-bond donors (Lipinski definition) is 0. The van der Waals surface area contributed by atoms with E-state index in [1.165, 1.54) is 0 Å². The first-order valence-electron chi connectivity index (χ1n) is 1.86. The van der Waals surface area contributed by atoms with Crippen molar-refractivity contribution < 1.29 is 4.92 Å². The van der Waals surface area contributed by atoms with Gasteiger partial charge in [0, 0.05) is 4.92 Å². The van der Waals surface area contributed by atoms with Crippen LogP contribution in [0.4, 0.5) is 0 Å². The van der Waals surface area contributed by atoms with Crippen molar-refractivity contribution in [1.82, 2.24) is 0 Å². The number of rotatable bonds is 2. The third kappa shape index (κ3) is 2.85. The lowest BCUT2D eigenvalue weighted by Gasteiger charge is -1.83. The minimum Gasteiger partial charge on any atom is -0.264 e. The quantitative estimate of drug-likeness (QED) is 0.294. The van der Waals surface area contributed by atoms with Gasteiger partial charge in [-0.3, -0.25) is 10.1 Å². The number of nitrogens with zero attached hydrogens (tertiary/aromatic N) is 2. The summed E-state index contributed by atoms with van der Waals surface area (Å²) in [5.41, 5.74) is -0.0185. The second-order valence-electron chi connectivity index (χ2n) is 1.21. The Balaban J connectivity index is 3.61. The van der Waals surface area contributed by atoms with Gasteiger partial charge in [0.15, 0.2) is 0 Å². The molecule has 0 aliphatic heterocycles. The largest absolute Gasteiger partial charge is 0.264 e. The van der Waals surface area contributed by atoms with Crippen molar-refractivity contribution in [3.63, 3.8) is 0 Å². The third-order valence-electron chi connectivity index (χ3n) is 0.478. The highest BCUT2D eigenvalue weighted by Gasteiger charge is 1.97. The van der Waals surface area contributed by atoms with Gasteiger partial charge in [-0.1, -0.05) is 6.58 Å². The maximum Gasteiger partial charge on any atom is 0.238 e. The molecular weight excluding hydrogens is 108 g/mol. The molecule has 0 saturated carbocycles. The molecule has 0 aromatic rings. The Bertz CT molecular complexity index is 156. The van der Waals surface area contributed by atoms with Crippen molar-refractivity contribution in [2.45, 2.75) is 0 Å². The fraction of sp³-hybridized carbons (Fsp3) is 0.250. The Morgan fingerprint density at radius 3 is 2.62 bits per heavy atom. The summed E-state index contributed by atoms with van der Waals surface area (Å²) in [6.45, 7) is 2.66. The molecule has 0 heterocycles. The van der Waals surface area contributed by atoms with Crippen LogP contribution in [-0.4, -0.2) is 11.5 Å². The van der Waals surface area contributed by atoms with Crippen LogP contribution in [-0.2, 0) is 0 Å². The highest BCUT2D eigenvalue weighted by Crippen LogP contribution is 1.84. The zero-order valence-electron chi connectivity index (χ0n) is 4.13. The zero-order chi connectivity index (χ0) is 6.57. The van der Waals surface area contributed by atoms with Crippen molar-refractivity contribution in [1.29, 1.82) is 5.26 Å². The summed E-state index contributed by atoms with van der Waals surface area (Å²) in [6.07, 6.45) is 0. The van der Waals surface area contributed by atoms with Crippen molar-refractivity contribution in [3.05, 3.63) is 22.3 Å². The normalized spacial score (nSPS) is 7.38. The molecule has 0 unspecified atom stereocenters. The van der Waals surface area contributed by atoms with Crippen LogP contribution in [0, 0.1) is 21.4 Å². The fourth-order valence-corrected chi connectivity index (χ4v) is 0.191. The summed E-state index contributed by atoms with van der Waals surface area (Å²) < 4.78 is 0. The van der Waals surface area contributed by atoms with E-state index >= 15 is 0 Å². The van der Waals surface area contributed by atoms with Crippen LogP contribution < -0.4 is 0 Å². The van der Waals surface area contributed by atoms with E-state index in [1.54, 1.807) is 6.07 Å². The molecule has 0 fully saturated rings. The maximum absolute atomic E-state index is 9.56. The second kappa shape index (κ2) is 2.75. The molecule has 0 N–H and O–H groups in total. The predicted molar refractivity (Wildman–Crippen MR) is 26.6 cm³/mol. The molecule has 0 aliphatic carbocycles. The zero-order valence-corrected chi connectivity index (χ0v) is 4.13. The molecule has 0 bridgehead atoms. The lowest BCUT2D eigenvalue weighted by Crippen LogP contribution is -2.00. The smallest absolute Gasteiger partial charge is 0.238 e. The van der Waals surface area contributed by atoms with Gasteiger partial charge in [0.1, 0.15) is 6.07 Å². The minimum atomic E-state index is -0.592. The molecule has 0 aliphatic rings. The Labute approximate surface area is 46.2 Å². The SMILES string of the molecule is C=C(C#N)C[N+](=O)[O-].